The molecular formula is C20H28N4O4. The fourth-order valence-electron chi connectivity index (χ4n) is 2.56. The standard InChI is InChI=1S/C20H28N4O4/c1-13(2)18(20(26)21-9-10-24(3)4)22-19(25)16-12-17(28-23-16)14-7-6-8-15(11-14)27-5/h6-8,11-13,18H,9-10H2,1-5H3,(H,21,26)(H,22,25). The van der Waals surface area contributed by atoms with Gasteiger partial charge in [-0.25, -0.2) is 0 Å². The van der Waals surface area contributed by atoms with Crippen LogP contribution in [0.1, 0.15) is 24.3 Å². The van der Waals surface area contributed by atoms with E-state index in [0.29, 0.717) is 18.1 Å². The maximum atomic E-state index is 12.6. The predicted molar refractivity (Wildman–Crippen MR) is 106 cm³/mol. The van der Waals surface area contributed by atoms with Crippen LogP contribution in [-0.4, -0.2) is 62.2 Å². The Morgan fingerprint density at radius 1 is 1.25 bits per heavy atom. The summed E-state index contributed by atoms with van der Waals surface area (Å²) in [5.74, 6) is 0.365. The van der Waals surface area contributed by atoms with Crippen molar-refractivity contribution in [2.45, 2.75) is 19.9 Å². The summed E-state index contributed by atoms with van der Waals surface area (Å²) < 4.78 is 10.5. The molecule has 0 aliphatic carbocycles. The second kappa shape index (κ2) is 9.89. The number of rotatable bonds is 9. The first-order valence-electron chi connectivity index (χ1n) is 9.16. The van der Waals surface area contributed by atoms with Gasteiger partial charge in [0.2, 0.25) is 5.91 Å². The molecule has 0 aliphatic heterocycles. The van der Waals surface area contributed by atoms with E-state index in [4.69, 9.17) is 9.26 Å². The molecule has 1 aromatic carbocycles. The van der Waals surface area contributed by atoms with Crippen LogP contribution in [0.15, 0.2) is 34.9 Å². The molecule has 0 saturated heterocycles. The Labute approximate surface area is 165 Å². The van der Waals surface area contributed by atoms with Crippen molar-refractivity contribution in [3.63, 3.8) is 0 Å². The molecule has 0 aliphatic rings. The topological polar surface area (TPSA) is 96.7 Å². The fourth-order valence-corrected chi connectivity index (χ4v) is 2.56. The summed E-state index contributed by atoms with van der Waals surface area (Å²) >= 11 is 0. The molecule has 8 nitrogen and oxygen atoms in total. The number of hydrogen-bond acceptors (Lipinski definition) is 6. The summed E-state index contributed by atoms with van der Waals surface area (Å²) in [6, 6.07) is 8.15. The lowest BCUT2D eigenvalue weighted by Crippen LogP contribution is -2.50. The Morgan fingerprint density at radius 3 is 2.64 bits per heavy atom. The zero-order valence-electron chi connectivity index (χ0n) is 17.0. The lowest BCUT2D eigenvalue weighted by Gasteiger charge is -2.21. The van der Waals surface area contributed by atoms with Crippen molar-refractivity contribution in [1.82, 2.24) is 20.7 Å². The number of likely N-dealkylation sites (N-methyl/N-ethyl adjacent to an activating group) is 1. The van der Waals surface area contributed by atoms with Crippen LogP contribution in [0.4, 0.5) is 0 Å². The van der Waals surface area contributed by atoms with Gasteiger partial charge in [-0.15, -0.1) is 0 Å². The van der Waals surface area contributed by atoms with E-state index in [2.05, 4.69) is 15.8 Å². The number of nitrogens with zero attached hydrogens (tertiary/aromatic N) is 2. The maximum absolute atomic E-state index is 12.6. The lowest BCUT2D eigenvalue weighted by atomic mass is 10.0. The Kier molecular flexibility index (Phi) is 7.57. The number of methoxy groups -OCH3 is 1. The average molecular weight is 388 g/mol. The number of hydrogen-bond donors (Lipinski definition) is 2. The zero-order valence-corrected chi connectivity index (χ0v) is 17.0. The summed E-state index contributed by atoms with van der Waals surface area (Å²) in [6.07, 6.45) is 0. The van der Waals surface area contributed by atoms with Gasteiger partial charge in [0.05, 0.1) is 7.11 Å². The van der Waals surface area contributed by atoms with E-state index < -0.39 is 11.9 Å². The fraction of sp³-hybridized carbons (Fsp3) is 0.450. The Morgan fingerprint density at radius 2 is 2.00 bits per heavy atom. The van der Waals surface area contributed by atoms with Crippen LogP contribution in [0.25, 0.3) is 11.3 Å². The molecule has 2 aromatic rings. The number of nitrogens with one attached hydrogen (secondary N) is 2. The highest BCUT2D eigenvalue weighted by Gasteiger charge is 2.26. The van der Waals surface area contributed by atoms with Crippen molar-refractivity contribution >= 4 is 11.8 Å². The number of aromatic nitrogens is 1. The van der Waals surface area contributed by atoms with E-state index in [-0.39, 0.29) is 17.5 Å². The number of carbonyl (C=O) groups excluding carboxylic acids is 2. The van der Waals surface area contributed by atoms with E-state index in [1.54, 1.807) is 19.2 Å². The van der Waals surface area contributed by atoms with Gasteiger partial charge in [-0.2, -0.15) is 0 Å². The van der Waals surface area contributed by atoms with Crippen LogP contribution in [0.5, 0.6) is 5.75 Å². The van der Waals surface area contributed by atoms with Gasteiger partial charge in [0, 0.05) is 24.7 Å². The first-order chi connectivity index (χ1) is 13.3. The van der Waals surface area contributed by atoms with Crippen LogP contribution in [0.2, 0.25) is 0 Å². The van der Waals surface area contributed by atoms with Crippen LogP contribution < -0.4 is 15.4 Å². The van der Waals surface area contributed by atoms with Crippen molar-refractivity contribution in [3.8, 4) is 17.1 Å². The van der Waals surface area contributed by atoms with Crippen molar-refractivity contribution < 1.29 is 18.8 Å². The van der Waals surface area contributed by atoms with E-state index >= 15 is 0 Å². The van der Waals surface area contributed by atoms with Gasteiger partial charge in [0.25, 0.3) is 5.91 Å². The number of ether oxygens (including phenoxy) is 1. The molecule has 2 amide bonds. The molecule has 1 unspecified atom stereocenters. The zero-order chi connectivity index (χ0) is 20.7. The Bertz CT molecular complexity index is 801. The number of benzene rings is 1. The Hall–Kier alpha value is -2.87. The normalized spacial score (nSPS) is 12.1. The molecule has 2 rings (SSSR count). The molecule has 0 spiro atoms. The van der Waals surface area contributed by atoms with Gasteiger partial charge in [-0.1, -0.05) is 31.1 Å². The predicted octanol–water partition coefficient (Wildman–Crippen LogP) is 1.78. The van der Waals surface area contributed by atoms with Crippen molar-refractivity contribution in [1.29, 1.82) is 0 Å². The van der Waals surface area contributed by atoms with Gasteiger partial charge in [-0.05, 0) is 32.1 Å². The van der Waals surface area contributed by atoms with Crippen LogP contribution in [-0.2, 0) is 4.79 Å². The quantitative estimate of drug-likeness (QED) is 0.680. The summed E-state index contributed by atoms with van der Waals surface area (Å²) in [7, 11) is 5.44. The molecule has 0 fully saturated rings. The third kappa shape index (κ3) is 5.82. The molecule has 0 bridgehead atoms. The monoisotopic (exact) mass is 388 g/mol. The molecular weight excluding hydrogens is 360 g/mol. The third-order valence-electron chi connectivity index (χ3n) is 4.19. The average Bonchev–Trinajstić information content (AvgIpc) is 3.15. The second-order valence-electron chi connectivity index (χ2n) is 7.10. The van der Waals surface area contributed by atoms with Gasteiger partial charge in [0.15, 0.2) is 11.5 Å². The largest absolute Gasteiger partial charge is 0.497 e. The van der Waals surface area contributed by atoms with Crippen molar-refractivity contribution in [2.75, 3.05) is 34.3 Å². The van der Waals surface area contributed by atoms with E-state index in [9.17, 15) is 9.59 Å². The summed E-state index contributed by atoms with van der Waals surface area (Å²) in [6.45, 7) is 4.98. The van der Waals surface area contributed by atoms with E-state index in [1.165, 1.54) is 0 Å². The number of carbonyl (C=O) groups is 2. The molecule has 28 heavy (non-hydrogen) atoms. The van der Waals surface area contributed by atoms with E-state index in [0.717, 1.165) is 12.1 Å². The minimum atomic E-state index is -0.661. The van der Waals surface area contributed by atoms with Gasteiger partial charge in [-0.3, -0.25) is 9.59 Å². The highest BCUT2D eigenvalue weighted by atomic mass is 16.5. The first-order valence-corrected chi connectivity index (χ1v) is 9.16. The summed E-state index contributed by atoms with van der Waals surface area (Å²) in [5.41, 5.74) is 0.859. The smallest absolute Gasteiger partial charge is 0.274 e. The highest BCUT2D eigenvalue weighted by molar-refractivity contribution is 5.96. The second-order valence-corrected chi connectivity index (χ2v) is 7.10. The first kappa shape index (κ1) is 21.4. The summed E-state index contributed by atoms with van der Waals surface area (Å²) in [5, 5.41) is 9.43. The number of amides is 2. The molecule has 152 valence electrons. The van der Waals surface area contributed by atoms with Crippen molar-refractivity contribution in [2.24, 2.45) is 5.92 Å². The van der Waals surface area contributed by atoms with Gasteiger partial charge < -0.3 is 24.8 Å². The van der Waals surface area contributed by atoms with Crippen molar-refractivity contribution in [3.05, 3.63) is 36.0 Å². The third-order valence-corrected chi connectivity index (χ3v) is 4.19. The lowest BCUT2D eigenvalue weighted by molar-refractivity contribution is -0.123. The Balaban J connectivity index is 2.05. The molecule has 0 saturated carbocycles. The SMILES string of the molecule is COc1cccc(-c2cc(C(=O)NC(C(=O)NCCN(C)C)C(C)C)no2)c1. The molecule has 8 heteroatoms. The molecule has 1 heterocycles. The molecule has 1 aromatic heterocycles. The van der Waals surface area contributed by atoms with Crippen LogP contribution >= 0.6 is 0 Å². The van der Waals surface area contributed by atoms with Gasteiger partial charge in [0.1, 0.15) is 11.8 Å². The maximum Gasteiger partial charge on any atom is 0.274 e. The van der Waals surface area contributed by atoms with Crippen LogP contribution in [0, 0.1) is 5.92 Å². The van der Waals surface area contributed by atoms with E-state index in [1.807, 2.05) is 51.0 Å². The highest BCUT2D eigenvalue weighted by Crippen LogP contribution is 2.24. The molecule has 0 radical (unpaired) electrons. The van der Waals surface area contributed by atoms with Gasteiger partial charge >= 0.3 is 0 Å². The minimum Gasteiger partial charge on any atom is -0.497 e. The van der Waals surface area contributed by atoms with Crippen LogP contribution in [0.3, 0.4) is 0 Å². The molecule has 1 atom stereocenters. The summed E-state index contributed by atoms with van der Waals surface area (Å²) in [4.78, 5) is 27.0. The molecule has 2 N–H and O–H groups in total. The minimum absolute atomic E-state index is 0.0759.